The number of nitrogens with zero attached hydrogens (tertiary/aromatic N) is 1. The molecule has 0 radical (unpaired) electrons. The van der Waals surface area contributed by atoms with Gasteiger partial charge >= 0.3 is 0 Å². The van der Waals surface area contributed by atoms with Gasteiger partial charge in [-0.1, -0.05) is 35.0 Å². The van der Waals surface area contributed by atoms with Crippen LogP contribution >= 0.6 is 27.7 Å². The quantitative estimate of drug-likeness (QED) is 0.741. The van der Waals surface area contributed by atoms with E-state index in [9.17, 15) is 0 Å². The van der Waals surface area contributed by atoms with E-state index in [1.807, 2.05) is 11.8 Å². The molecule has 0 bridgehead atoms. The van der Waals surface area contributed by atoms with Crippen LogP contribution in [0.2, 0.25) is 0 Å². The van der Waals surface area contributed by atoms with Gasteiger partial charge in [-0.05, 0) is 42.7 Å². The highest BCUT2D eigenvalue weighted by molar-refractivity contribution is 9.10. The summed E-state index contributed by atoms with van der Waals surface area (Å²) in [6.45, 7) is 3.90. The molecule has 1 aromatic carbocycles. The summed E-state index contributed by atoms with van der Waals surface area (Å²) < 4.78 is 1.13. The smallest absolute Gasteiger partial charge is 0.0234 e. The second-order valence-corrected chi connectivity index (χ2v) is 6.73. The van der Waals surface area contributed by atoms with E-state index >= 15 is 0 Å². The lowest BCUT2D eigenvalue weighted by molar-refractivity contribution is 0.234. The van der Waals surface area contributed by atoms with Gasteiger partial charge in [-0.2, -0.15) is 11.8 Å². The molecule has 0 aromatic heterocycles. The van der Waals surface area contributed by atoms with Gasteiger partial charge in [-0.15, -0.1) is 0 Å². The van der Waals surface area contributed by atoms with Crippen molar-refractivity contribution in [2.45, 2.75) is 25.9 Å². The predicted molar refractivity (Wildman–Crippen MR) is 86.1 cm³/mol. The summed E-state index contributed by atoms with van der Waals surface area (Å²) in [6, 6.07) is 8.98. The summed E-state index contributed by atoms with van der Waals surface area (Å²) in [4.78, 5) is 2.36. The van der Waals surface area contributed by atoms with Crippen molar-refractivity contribution in [3.05, 3.63) is 34.3 Å². The molecule has 4 heteroatoms. The van der Waals surface area contributed by atoms with E-state index in [2.05, 4.69) is 59.1 Å². The minimum atomic E-state index is 0.479. The summed E-state index contributed by atoms with van der Waals surface area (Å²) in [5.41, 5.74) is 7.21. The van der Waals surface area contributed by atoms with Gasteiger partial charge < -0.3 is 5.73 Å². The van der Waals surface area contributed by atoms with E-state index in [1.165, 1.54) is 23.5 Å². The van der Waals surface area contributed by atoms with Crippen molar-refractivity contribution in [3.8, 4) is 0 Å². The molecule has 1 aromatic rings. The molecule has 1 rings (SSSR count). The van der Waals surface area contributed by atoms with Crippen molar-refractivity contribution in [3.63, 3.8) is 0 Å². The molecular formula is C14H23BrN2S. The molecule has 1 unspecified atom stereocenters. The normalized spacial score (nSPS) is 12.9. The Labute approximate surface area is 123 Å². The van der Waals surface area contributed by atoms with Crippen LogP contribution in [0.4, 0.5) is 0 Å². The number of hydrogen-bond acceptors (Lipinski definition) is 3. The molecular weight excluding hydrogens is 308 g/mol. The highest BCUT2D eigenvalue weighted by atomic mass is 79.9. The number of thioether (sulfide) groups is 1. The number of nitrogens with two attached hydrogens (primary N) is 1. The molecule has 102 valence electrons. The Morgan fingerprint density at radius 2 is 2.00 bits per heavy atom. The van der Waals surface area contributed by atoms with Gasteiger partial charge in [0, 0.05) is 23.6 Å². The van der Waals surface area contributed by atoms with Gasteiger partial charge in [0.1, 0.15) is 0 Å². The topological polar surface area (TPSA) is 29.3 Å². The second kappa shape index (κ2) is 8.97. The molecule has 18 heavy (non-hydrogen) atoms. The average molecular weight is 331 g/mol. The van der Waals surface area contributed by atoms with Gasteiger partial charge in [0.05, 0.1) is 0 Å². The van der Waals surface area contributed by atoms with Crippen LogP contribution in [0.15, 0.2) is 28.7 Å². The third kappa shape index (κ3) is 5.74. The summed E-state index contributed by atoms with van der Waals surface area (Å²) in [5.74, 6) is 2.39. The Morgan fingerprint density at radius 1 is 1.33 bits per heavy atom. The third-order valence-corrected chi connectivity index (χ3v) is 4.50. The SMILES string of the molecule is CCSCCC(CN)N(C)Cc1ccc(Br)cc1. The molecule has 0 spiro atoms. The van der Waals surface area contributed by atoms with E-state index in [4.69, 9.17) is 5.73 Å². The van der Waals surface area contributed by atoms with Crippen LogP contribution in [0.5, 0.6) is 0 Å². The number of benzene rings is 1. The maximum Gasteiger partial charge on any atom is 0.0234 e. The molecule has 0 amide bonds. The molecule has 0 heterocycles. The predicted octanol–water partition coefficient (Wildman–Crippen LogP) is 3.35. The lowest BCUT2D eigenvalue weighted by Gasteiger charge is -2.27. The number of rotatable bonds is 8. The van der Waals surface area contributed by atoms with Crippen molar-refractivity contribution < 1.29 is 0 Å². The van der Waals surface area contributed by atoms with E-state index in [0.29, 0.717) is 6.04 Å². The zero-order valence-corrected chi connectivity index (χ0v) is 13.6. The van der Waals surface area contributed by atoms with Crippen LogP contribution in [0.3, 0.4) is 0 Å². The third-order valence-electron chi connectivity index (χ3n) is 3.04. The van der Waals surface area contributed by atoms with Crippen molar-refractivity contribution in [1.29, 1.82) is 0 Å². The molecule has 0 aliphatic heterocycles. The Balaban J connectivity index is 2.45. The lowest BCUT2D eigenvalue weighted by atomic mass is 10.1. The fourth-order valence-electron chi connectivity index (χ4n) is 1.89. The summed E-state index contributed by atoms with van der Waals surface area (Å²) in [7, 11) is 2.16. The highest BCUT2D eigenvalue weighted by Crippen LogP contribution is 2.14. The van der Waals surface area contributed by atoms with Crippen LogP contribution < -0.4 is 5.73 Å². The van der Waals surface area contributed by atoms with Crippen molar-refractivity contribution in [1.82, 2.24) is 4.90 Å². The standard InChI is InChI=1S/C14H23BrN2S/c1-3-18-9-8-14(10-16)17(2)11-12-4-6-13(15)7-5-12/h4-7,14H,3,8-11,16H2,1-2H3. The fraction of sp³-hybridized carbons (Fsp3) is 0.571. The van der Waals surface area contributed by atoms with Gasteiger partial charge in [-0.3, -0.25) is 4.90 Å². The Bertz CT molecular complexity index is 329. The maximum atomic E-state index is 5.88. The van der Waals surface area contributed by atoms with E-state index < -0.39 is 0 Å². The van der Waals surface area contributed by atoms with Crippen molar-refractivity contribution in [2.24, 2.45) is 5.73 Å². The first-order valence-electron chi connectivity index (χ1n) is 6.39. The molecule has 0 aliphatic rings. The molecule has 0 fully saturated rings. The number of hydrogen-bond donors (Lipinski definition) is 1. The van der Waals surface area contributed by atoms with Crippen molar-refractivity contribution >= 4 is 27.7 Å². The van der Waals surface area contributed by atoms with Gasteiger partial charge in [0.25, 0.3) is 0 Å². The number of halogens is 1. The van der Waals surface area contributed by atoms with Gasteiger partial charge in [0.15, 0.2) is 0 Å². The molecule has 0 aliphatic carbocycles. The monoisotopic (exact) mass is 330 g/mol. The summed E-state index contributed by atoms with van der Waals surface area (Å²) in [6.07, 6.45) is 1.17. The largest absolute Gasteiger partial charge is 0.329 e. The first kappa shape index (κ1) is 16.0. The zero-order valence-electron chi connectivity index (χ0n) is 11.2. The van der Waals surface area contributed by atoms with Crippen LogP contribution in [0.1, 0.15) is 18.9 Å². The molecule has 1 atom stereocenters. The first-order valence-corrected chi connectivity index (χ1v) is 8.34. The van der Waals surface area contributed by atoms with E-state index in [1.54, 1.807) is 0 Å². The van der Waals surface area contributed by atoms with Gasteiger partial charge in [0.2, 0.25) is 0 Å². The van der Waals surface area contributed by atoms with Crippen LogP contribution in [-0.2, 0) is 6.54 Å². The highest BCUT2D eigenvalue weighted by Gasteiger charge is 2.12. The zero-order chi connectivity index (χ0) is 13.4. The number of likely N-dealkylation sites (N-methyl/N-ethyl adjacent to an activating group) is 1. The molecule has 2 nitrogen and oxygen atoms in total. The van der Waals surface area contributed by atoms with E-state index in [0.717, 1.165) is 17.6 Å². The van der Waals surface area contributed by atoms with E-state index in [-0.39, 0.29) is 0 Å². The molecule has 2 N–H and O–H groups in total. The van der Waals surface area contributed by atoms with Crippen LogP contribution in [0.25, 0.3) is 0 Å². The average Bonchev–Trinajstić information content (AvgIpc) is 2.37. The summed E-state index contributed by atoms with van der Waals surface area (Å²) >= 11 is 5.45. The molecule has 0 saturated heterocycles. The fourth-order valence-corrected chi connectivity index (χ4v) is 2.88. The van der Waals surface area contributed by atoms with Gasteiger partial charge in [-0.25, -0.2) is 0 Å². The Hall–Kier alpha value is -0.0300. The first-order chi connectivity index (χ1) is 8.67. The second-order valence-electron chi connectivity index (χ2n) is 4.42. The minimum absolute atomic E-state index is 0.479. The van der Waals surface area contributed by atoms with Crippen molar-refractivity contribution in [2.75, 3.05) is 25.1 Å². The maximum absolute atomic E-state index is 5.88. The molecule has 0 saturated carbocycles. The summed E-state index contributed by atoms with van der Waals surface area (Å²) in [5, 5.41) is 0. The lowest BCUT2D eigenvalue weighted by Crippen LogP contribution is -2.37. The van der Waals surface area contributed by atoms with Crippen LogP contribution in [-0.4, -0.2) is 36.0 Å². The Morgan fingerprint density at radius 3 is 2.56 bits per heavy atom. The van der Waals surface area contributed by atoms with Crippen LogP contribution in [0, 0.1) is 0 Å². The Kier molecular flexibility index (Phi) is 7.98. The minimum Gasteiger partial charge on any atom is -0.329 e.